The fourth-order valence-corrected chi connectivity index (χ4v) is 3.22. The fourth-order valence-electron chi connectivity index (χ4n) is 3.22. The molecule has 3 heteroatoms. The molecule has 0 aromatic carbocycles. The van der Waals surface area contributed by atoms with E-state index in [2.05, 4.69) is 83.1 Å². The van der Waals surface area contributed by atoms with E-state index in [1.54, 1.807) is 0 Å². The van der Waals surface area contributed by atoms with Crippen LogP contribution in [0.3, 0.4) is 0 Å². The molecule has 0 aromatic rings. The van der Waals surface area contributed by atoms with Crippen molar-refractivity contribution in [1.29, 1.82) is 0 Å². The first-order valence-corrected chi connectivity index (χ1v) is 16.1. The Morgan fingerprint density at radius 1 is 0.676 bits per heavy atom. The molecular formula is C34H74O3. The van der Waals surface area contributed by atoms with E-state index in [0.717, 1.165) is 31.5 Å². The van der Waals surface area contributed by atoms with Crippen molar-refractivity contribution < 1.29 is 14.3 Å². The van der Waals surface area contributed by atoms with Crippen molar-refractivity contribution in [1.82, 2.24) is 0 Å². The highest BCUT2D eigenvalue weighted by Gasteiger charge is 2.05. The average Bonchev–Trinajstić information content (AvgIpc) is 2.83. The first-order chi connectivity index (χ1) is 17.4. The third kappa shape index (κ3) is 52.6. The van der Waals surface area contributed by atoms with Gasteiger partial charge in [-0.2, -0.15) is 0 Å². The van der Waals surface area contributed by atoms with Crippen LogP contribution in [-0.4, -0.2) is 25.8 Å². The van der Waals surface area contributed by atoms with Gasteiger partial charge in [-0.15, -0.1) is 0 Å². The third-order valence-electron chi connectivity index (χ3n) is 5.89. The van der Waals surface area contributed by atoms with Crippen LogP contribution >= 0.6 is 0 Å². The second-order valence-electron chi connectivity index (χ2n) is 12.4. The quantitative estimate of drug-likeness (QED) is 0.130. The van der Waals surface area contributed by atoms with Gasteiger partial charge < -0.3 is 9.47 Å². The number of hydrogen-bond donors (Lipinski definition) is 0. The molecule has 0 radical (unpaired) electrons. The highest BCUT2D eigenvalue weighted by atomic mass is 16.5. The summed E-state index contributed by atoms with van der Waals surface area (Å²) in [5.74, 6) is 2.32. The molecule has 0 amide bonds. The number of rotatable bonds is 18. The topological polar surface area (TPSA) is 35.5 Å². The van der Waals surface area contributed by atoms with Gasteiger partial charge in [0.1, 0.15) is 0 Å². The number of hydrogen-bond acceptors (Lipinski definition) is 3. The van der Waals surface area contributed by atoms with Crippen LogP contribution in [0.25, 0.3) is 0 Å². The molecule has 1 atom stereocenters. The molecule has 37 heavy (non-hydrogen) atoms. The highest BCUT2D eigenvalue weighted by Crippen LogP contribution is 2.15. The summed E-state index contributed by atoms with van der Waals surface area (Å²) < 4.78 is 10.4. The lowest BCUT2D eigenvalue weighted by Gasteiger charge is -2.14. The maximum Gasteiger partial charge on any atom is 0.305 e. The second kappa shape index (κ2) is 33.5. The maximum absolute atomic E-state index is 10.7. The molecular weight excluding hydrogens is 456 g/mol. The predicted octanol–water partition coefficient (Wildman–Crippen LogP) is 11.7. The minimum Gasteiger partial charge on any atom is -0.466 e. The molecule has 1 unspecified atom stereocenters. The van der Waals surface area contributed by atoms with Crippen LogP contribution in [0.15, 0.2) is 0 Å². The molecule has 0 aliphatic heterocycles. The molecule has 0 spiro atoms. The normalized spacial score (nSPS) is 11.5. The monoisotopic (exact) mass is 531 g/mol. The minimum atomic E-state index is -0.0730. The summed E-state index contributed by atoms with van der Waals surface area (Å²) in [6, 6.07) is 0. The Balaban J connectivity index is -0.000000205. The lowest BCUT2D eigenvalue weighted by Crippen LogP contribution is -2.09. The molecule has 0 fully saturated rings. The van der Waals surface area contributed by atoms with Crippen LogP contribution in [0, 0.1) is 23.2 Å². The lowest BCUT2D eigenvalue weighted by molar-refractivity contribution is -0.143. The number of esters is 1. The van der Waals surface area contributed by atoms with Gasteiger partial charge in [0.25, 0.3) is 0 Å². The van der Waals surface area contributed by atoms with Gasteiger partial charge in [0.15, 0.2) is 0 Å². The van der Waals surface area contributed by atoms with Gasteiger partial charge in [-0.25, -0.2) is 0 Å². The van der Waals surface area contributed by atoms with E-state index >= 15 is 0 Å². The summed E-state index contributed by atoms with van der Waals surface area (Å²) in [7, 11) is 0. The summed E-state index contributed by atoms with van der Waals surface area (Å²) in [6.45, 7) is 30.8. The molecule has 3 nitrogen and oxygen atoms in total. The summed E-state index contributed by atoms with van der Waals surface area (Å²) in [5, 5.41) is 0. The van der Waals surface area contributed by atoms with Gasteiger partial charge in [-0.1, -0.05) is 141 Å². The Kier molecular flexibility index (Phi) is 39.3. The van der Waals surface area contributed by atoms with Gasteiger partial charge in [-0.3, -0.25) is 4.79 Å². The Morgan fingerprint density at radius 2 is 1.11 bits per heavy atom. The van der Waals surface area contributed by atoms with Crippen LogP contribution in [0.1, 0.15) is 173 Å². The third-order valence-corrected chi connectivity index (χ3v) is 5.89. The summed E-state index contributed by atoms with van der Waals surface area (Å²) in [5.41, 5.74) is 0.500. The van der Waals surface area contributed by atoms with Crippen molar-refractivity contribution >= 4 is 5.97 Å². The SMILES string of the molecule is CC(C)(C)C.CCCCC(CC)CC.CCCCOCC(CC)CCCC.CCOC(=O)CCC(C)C. The molecule has 0 rings (SSSR count). The van der Waals surface area contributed by atoms with E-state index in [-0.39, 0.29) is 5.97 Å². The van der Waals surface area contributed by atoms with Crippen molar-refractivity contribution in [2.24, 2.45) is 23.2 Å². The van der Waals surface area contributed by atoms with Crippen LogP contribution in [-0.2, 0) is 14.3 Å². The zero-order chi connectivity index (χ0) is 29.5. The smallest absolute Gasteiger partial charge is 0.305 e. The first-order valence-electron chi connectivity index (χ1n) is 16.1. The molecule has 0 N–H and O–H groups in total. The van der Waals surface area contributed by atoms with Crippen molar-refractivity contribution in [3.8, 4) is 0 Å². The van der Waals surface area contributed by atoms with Crippen LogP contribution in [0.2, 0.25) is 0 Å². The number of ether oxygens (including phenoxy) is 2. The van der Waals surface area contributed by atoms with Gasteiger partial charge >= 0.3 is 5.97 Å². The van der Waals surface area contributed by atoms with Gasteiger partial charge in [0.05, 0.1) is 6.61 Å². The fraction of sp³-hybridized carbons (Fsp3) is 0.971. The van der Waals surface area contributed by atoms with Crippen molar-refractivity contribution in [2.75, 3.05) is 19.8 Å². The molecule has 0 saturated heterocycles. The Labute approximate surface area is 236 Å². The van der Waals surface area contributed by atoms with E-state index in [9.17, 15) is 4.79 Å². The van der Waals surface area contributed by atoms with E-state index < -0.39 is 0 Å². The second-order valence-corrected chi connectivity index (χ2v) is 12.4. The van der Waals surface area contributed by atoms with Crippen LogP contribution < -0.4 is 0 Å². The Morgan fingerprint density at radius 3 is 1.46 bits per heavy atom. The molecule has 0 aliphatic carbocycles. The Hall–Kier alpha value is -0.570. The van der Waals surface area contributed by atoms with Gasteiger partial charge in [0.2, 0.25) is 0 Å². The van der Waals surface area contributed by atoms with E-state index in [0.29, 0.717) is 24.4 Å². The molecule has 0 heterocycles. The molecule has 0 saturated carbocycles. The highest BCUT2D eigenvalue weighted by molar-refractivity contribution is 5.69. The zero-order valence-electron chi connectivity index (χ0n) is 28.3. The van der Waals surface area contributed by atoms with Gasteiger partial charge in [-0.05, 0) is 49.4 Å². The number of carbonyl (C=O) groups excluding carboxylic acids is 1. The van der Waals surface area contributed by atoms with Crippen LogP contribution in [0.4, 0.5) is 0 Å². The zero-order valence-corrected chi connectivity index (χ0v) is 28.3. The molecule has 0 bridgehead atoms. The van der Waals surface area contributed by atoms with E-state index in [4.69, 9.17) is 9.47 Å². The van der Waals surface area contributed by atoms with E-state index in [1.807, 2.05) is 6.92 Å². The molecule has 0 aromatic heterocycles. The molecule has 228 valence electrons. The van der Waals surface area contributed by atoms with Crippen LogP contribution in [0.5, 0.6) is 0 Å². The Bertz CT molecular complexity index is 402. The first kappa shape index (κ1) is 43.5. The summed E-state index contributed by atoms with van der Waals surface area (Å²) in [4.78, 5) is 10.7. The molecule has 0 aliphatic rings. The number of carbonyl (C=O) groups is 1. The summed E-state index contributed by atoms with van der Waals surface area (Å²) >= 11 is 0. The van der Waals surface area contributed by atoms with Gasteiger partial charge in [0, 0.05) is 19.6 Å². The van der Waals surface area contributed by atoms with Crippen molar-refractivity contribution in [2.45, 2.75) is 173 Å². The predicted molar refractivity (Wildman–Crippen MR) is 168 cm³/mol. The standard InChI is InChI=1S/C12H26O.C9H20.C8H16O2.C5H12/c1-4-7-9-12(6-3)11-13-10-8-5-2;1-4-7-8-9(5-2)6-3;1-4-10-8(9)6-5-7(2)3;1-5(2,3)4/h12H,4-11H2,1-3H3;9H,4-8H2,1-3H3;7H,4-6H2,1-3H3;1-4H3. The van der Waals surface area contributed by atoms with Crippen molar-refractivity contribution in [3.05, 3.63) is 0 Å². The minimum absolute atomic E-state index is 0.0730. The van der Waals surface area contributed by atoms with Crippen molar-refractivity contribution in [3.63, 3.8) is 0 Å². The van der Waals surface area contributed by atoms with E-state index in [1.165, 1.54) is 70.6 Å². The number of unbranched alkanes of at least 4 members (excludes halogenated alkanes) is 3. The average molecular weight is 531 g/mol. The summed E-state index contributed by atoms with van der Waals surface area (Å²) in [6.07, 6.45) is 16.2. The largest absolute Gasteiger partial charge is 0.466 e. The maximum atomic E-state index is 10.7. The lowest BCUT2D eigenvalue weighted by atomic mass is 9.97.